The van der Waals surface area contributed by atoms with Crippen LogP contribution in [0.25, 0.3) is 0 Å². The van der Waals surface area contributed by atoms with Crippen molar-refractivity contribution in [3.05, 3.63) is 35.6 Å². The molecule has 25 heavy (non-hydrogen) atoms. The summed E-state index contributed by atoms with van der Waals surface area (Å²) in [5, 5.41) is 10.3. The number of hydrogen-bond donors (Lipinski definition) is 1. The van der Waals surface area contributed by atoms with Crippen LogP contribution in [0.5, 0.6) is 0 Å². The number of aliphatic hydroxyl groups is 1. The van der Waals surface area contributed by atoms with Crippen LogP contribution in [0.1, 0.15) is 31.2 Å². The molecule has 2 aliphatic heterocycles. The quantitative estimate of drug-likeness (QED) is 0.900. The SMILES string of the molecule is CN(CC(=O)N1CCC2(CC1)OCCC[C@@H]2O)Cc1ccccc1F. The van der Waals surface area contributed by atoms with Crippen LogP contribution in [0.15, 0.2) is 24.3 Å². The number of amides is 1. The molecule has 3 rings (SSSR count). The van der Waals surface area contributed by atoms with E-state index >= 15 is 0 Å². The van der Waals surface area contributed by atoms with E-state index in [1.807, 2.05) is 16.8 Å². The maximum Gasteiger partial charge on any atom is 0.236 e. The molecule has 0 saturated carbocycles. The molecular formula is C19H27FN2O3. The first-order chi connectivity index (χ1) is 12.0. The van der Waals surface area contributed by atoms with Gasteiger partial charge in [-0.25, -0.2) is 4.39 Å². The van der Waals surface area contributed by atoms with Crippen LogP contribution >= 0.6 is 0 Å². The largest absolute Gasteiger partial charge is 0.390 e. The minimum absolute atomic E-state index is 0.0407. The third kappa shape index (κ3) is 4.19. The molecule has 6 heteroatoms. The van der Waals surface area contributed by atoms with E-state index in [-0.39, 0.29) is 18.3 Å². The van der Waals surface area contributed by atoms with Crippen molar-refractivity contribution in [1.29, 1.82) is 0 Å². The molecule has 0 bridgehead atoms. The molecule has 2 aliphatic rings. The molecule has 2 saturated heterocycles. The van der Waals surface area contributed by atoms with Crippen LogP contribution < -0.4 is 0 Å². The number of rotatable bonds is 4. The average molecular weight is 350 g/mol. The van der Waals surface area contributed by atoms with E-state index in [0.29, 0.717) is 44.6 Å². The van der Waals surface area contributed by atoms with Gasteiger partial charge in [-0.2, -0.15) is 0 Å². The van der Waals surface area contributed by atoms with Gasteiger partial charge < -0.3 is 14.7 Å². The van der Waals surface area contributed by atoms with E-state index in [9.17, 15) is 14.3 Å². The normalized spacial score (nSPS) is 23.2. The van der Waals surface area contributed by atoms with Gasteiger partial charge in [0, 0.05) is 31.8 Å². The second-order valence-electron chi connectivity index (χ2n) is 7.22. The average Bonchev–Trinajstić information content (AvgIpc) is 2.60. The number of ether oxygens (including phenoxy) is 1. The summed E-state index contributed by atoms with van der Waals surface area (Å²) in [7, 11) is 1.82. The van der Waals surface area contributed by atoms with E-state index < -0.39 is 11.7 Å². The van der Waals surface area contributed by atoms with E-state index in [1.165, 1.54) is 6.07 Å². The van der Waals surface area contributed by atoms with Crippen molar-refractivity contribution < 1.29 is 19.0 Å². The smallest absolute Gasteiger partial charge is 0.236 e. The second kappa shape index (κ2) is 7.81. The summed E-state index contributed by atoms with van der Waals surface area (Å²) in [5.41, 5.74) is 0.128. The Bertz CT molecular complexity index is 602. The Labute approximate surface area is 148 Å². The lowest BCUT2D eigenvalue weighted by atomic mass is 9.82. The molecule has 0 aromatic heterocycles. The van der Waals surface area contributed by atoms with Gasteiger partial charge in [-0.15, -0.1) is 0 Å². The molecule has 1 aromatic carbocycles. The summed E-state index contributed by atoms with van der Waals surface area (Å²) in [6, 6.07) is 6.64. The number of likely N-dealkylation sites (N-methyl/N-ethyl adjacent to an activating group) is 1. The maximum atomic E-state index is 13.7. The van der Waals surface area contributed by atoms with Crippen molar-refractivity contribution in [2.24, 2.45) is 0 Å². The minimum Gasteiger partial charge on any atom is -0.390 e. The summed E-state index contributed by atoms with van der Waals surface area (Å²) in [6.45, 7) is 2.55. The molecule has 0 aliphatic carbocycles. The fourth-order valence-corrected chi connectivity index (χ4v) is 3.83. The fraction of sp³-hybridized carbons (Fsp3) is 0.632. The lowest BCUT2D eigenvalue weighted by Crippen LogP contribution is -2.56. The molecule has 1 atom stereocenters. The molecule has 1 N–H and O–H groups in total. The lowest BCUT2D eigenvalue weighted by Gasteiger charge is -2.46. The summed E-state index contributed by atoms with van der Waals surface area (Å²) in [6.07, 6.45) is 2.60. The summed E-state index contributed by atoms with van der Waals surface area (Å²) in [5.74, 6) is -0.205. The van der Waals surface area contributed by atoms with Gasteiger partial charge in [0.2, 0.25) is 5.91 Å². The summed E-state index contributed by atoms with van der Waals surface area (Å²) >= 11 is 0. The molecule has 0 unspecified atom stereocenters. The van der Waals surface area contributed by atoms with Gasteiger partial charge >= 0.3 is 0 Å². The number of benzene rings is 1. The molecule has 1 aromatic rings. The Kier molecular flexibility index (Phi) is 5.71. The molecule has 138 valence electrons. The monoisotopic (exact) mass is 350 g/mol. The van der Waals surface area contributed by atoms with Crippen molar-refractivity contribution in [3.63, 3.8) is 0 Å². The Morgan fingerprint density at radius 2 is 2.12 bits per heavy atom. The van der Waals surface area contributed by atoms with Gasteiger partial charge in [0.15, 0.2) is 0 Å². The molecular weight excluding hydrogens is 323 g/mol. The van der Waals surface area contributed by atoms with Gasteiger partial charge in [0.1, 0.15) is 5.82 Å². The van der Waals surface area contributed by atoms with Gasteiger partial charge in [-0.05, 0) is 38.8 Å². The molecule has 2 heterocycles. The molecule has 1 spiro atoms. The number of halogens is 1. The number of carbonyl (C=O) groups is 1. The van der Waals surface area contributed by atoms with Crippen LogP contribution in [0.2, 0.25) is 0 Å². The van der Waals surface area contributed by atoms with Crippen molar-refractivity contribution in [2.45, 2.75) is 43.9 Å². The Morgan fingerprint density at radius 1 is 1.40 bits per heavy atom. The van der Waals surface area contributed by atoms with Crippen molar-refractivity contribution in [2.75, 3.05) is 33.3 Å². The van der Waals surface area contributed by atoms with E-state index in [1.54, 1.807) is 18.2 Å². The Hall–Kier alpha value is -1.50. The van der Waals surface area contributed by atoms with E-state index in [2.05, 4.69) is 0 Å². The van der Waals surface area contributed by atoms with E-state index in [4.69, 9.17) is 4.74 Å². The van der Waals surface area contributed by atoms with Crippen LogP contribution in [-0.4, -0.2) is 65.8 Å². The zero-order valence-electron chi connectivity index (χ0n) is 14.8. The molecule has 2 fully saturated rings. The summed E-state index contributed by atoms with van der Waals surface area (Å²) in [4.78, 5) is 16.2. The van der Waals surface area contributed by atoms with Crippen molar-refractivity contribution in [1.82, 2.24) is 9.80 Å². The highest BCUT2D eigenvalue weighted by molar-refractivity contribution is 5.78. The topological polar surface area (TPSA) is 53.0 Å². The first-order valence-corrected chi connectivity index (χ1v) is 9.02. The van der Waals surface area contributed by atoms with Gasteiger partial charge in [0.25, 0.3) is 0 Å². The Morgan fingerprint density at radius 3 is 2.80 bits per heavy atom. The predicted octanol–water partition coefficient (Wildman–Crippen LogP) is 1.79. The maximum absolute atomic E-state index is 13.7. The Balaban J connectivity index is 1.50. The highest BCUT2D eigenvalue weighted by Gasteiger charge is 2.44. The number of nitrogens with zero attached hydrogens (tertiary/aromatic N) is 2. The number of hydrogen-bond acceptors (Lipinski definition) is 4. The predicted molar refractivity (Wildman–Crippen MR) is 92.5 cm³/mol. The van der Waals surface area contributed by atoms with Crippen molar-refractivity contribution >= 4 is 5.91 Å². The lowest BCUT2D eigenvalue weighted by molar-refractivity contribution is -0.179. The second-order valence-corrected chi connectivity index (χ2v) is 7.22. The van der Waals surface area contributed by atoms with Crippen LogP contribution in [-0.2, 0) is 16.1 Å². The van der Waals surface area contributed by atoms with Crippen LogP contribution in [0.3, 0.4) is 0 Å². The molecule has 5 nitrogen and oxygen atoms in total. The summed E-state index contributed by atoms with van der Waals surface area (Å²) < 4.78 is 19.6. The number of aliphatic hydroxyl groups excluding tert-OH is 1. The van der Waals surface area contributed by atoms with Gasteiger partial charge in [-0.1, -0.05) is 18.2 Å². The minimum atomic E-state index is -0.464. The third-order valence-corrected chi connectivity index (χ3v) is 5.38. The highest BCUT2D eigenvalue weighted by Crippen LogP contribution is 2.35. The van der Waals surface area contributed by atoms with Gasteiger partial charge in [-0.3, -0.25) is 9.69 Å². The fourth-order valence-electron chi connectivity index (χ4n) is 3.83. The molecule has 1 amide bonds. The number of carbonyl (C=O) groups excluding carboxylic acids is 1. The molecule has 0 radical (unpaired) electrons. The first-order valence-electron chi connectivity index (χ1n) is 9.02. The highest BCUT2D eigenvalue weighted by atomic mass is 19.1. The standard InChI is InChI=1S/C19H27FN2O3/c1-21(13-15-5-2-3-6-16(15)20)14-18(24)22-10-8-19(9-11-22)17(23)7-4-12-25-19/h2-3,5-6,17,23H,4,7-14H2,1H3/t17-/m0/s1. The van der Waals surface area contributed by atoms with E-state index in [0.717, 1.165) is 12.8 Å². The first kappa shape index (κ1) is 18.3. The van der Waals surface area contributed by atoms with Gasteiger partial charge in [0.05, 0.1) is 18.2 Å². The zero-order chi connectivity index (χ0) is 17.9. The van der Waals surface area contributed by atoms with Crippen molar-refractivity contribution in [3.8, 4) is 0 Å². The third-order valence-electron chi connectivity index (χ3n) is 5.38. The zero-order valence-corrected chi connectivity index (χ0v) is 14.8. The van der Waals surface area contributed by atoms with Crippen LogP contribution in [0.4, 0.5) is 4.39 Å². The van der Waals surface area contributed by atoms with Crippen LogP contribution in [0, 0.1) is 5.82 Å². The number of piperidine rings is 1. The number of likely N-dealkylation sites (tertiary alicyclic amines) is 1.